The zero-order valence-electron chi connectivity index (χ0n) is 15.0. The number of hydrogen-bond donors (Lipinski definition) is 0. The first-order chi connectivity index (χ1) is 13.1. The van der Waals surface area contributed by atoms with Crippen LogP contribution < -0.4 is 4.90 Å². The molecule has 140 valence electrons. The molecule has 1 aliphatic heterocycles. The third kappa shape index (κ3) is 3.79. The Morgan fingerprint density at radius 2 is 1.81 bits per heavy atom. The largest absolute Gasteiger partial charge is 0.369 e. The quantitative estimate of drug-likeness (QED) is 0.690. The molecule has 0 saturated carbocycles. The third-order valence-electron chi connectivity index (χ3n) is 4.82. The Kier molecular flexibility index (Phi) is 5.05. The van der Waals surface area contributed by atoms with Gasteiger partial charge in [-0.1, -0.05) is 35.9 Å². The zero-order chi connectivity index (χ0) is 18.8. The van der Waals surface area contributed by atoms with E-state index < -0.39 is 0 Å². The first kappa shape index (κ1) is 17.9. The van der Waals surface area contributed by atoms with Crippen molar-refractivity contribution in [2.24, 2.45) is 7.05 Å². The molecular weight excluding hydrogens is 367 g/mol. The molecule has 1 fully saturated rings. The highest BCUT2D eigenvalue weighted by molar-refractivity contribution is 6.30. The molecule has 6 nitrogen and oxygen atoms in total. The predicted molar refractivity (Wildman–Crippen MR) is 102 cm³/mol. The standard InChI is InChI=1S/C19H20ClFN6/c1-25-23-19(22-24-25)18(16-7-2-3-8-17(16)21)27-11-9-26(10-12-27)15-6-4-5-14(20)13-15/h2-8,13,18H,9-12H2,1H3. The minimum atomic E-state index is -0.360. The van der Waals surface area contributed by atoms with Crippen molar-refractivity contribution in [1.82, 2.24) is 25.1 Å². The van der Waals surface area contributed by atoms with Crippen molar-refractivity contribution in [3.8, 4) is 0 Å². The summed E-state index contributed by atoms with van der Waals surface area (Å²) >= 11 is 6.12. The molecule has 1 atom stereocenters. The first-order valence-corrected chi connectivity index (χ1v) is 9.22. The Bertz CT molecular complexity index is 922. The van der Waals surface area contributed by atoms with Crippen LogP contribution >= 0.6 is 11.6 Å². The van der Waals surface area contributed by atoms with E-state index in [4.69, 9.17) is 11.6 Å². The third-order valence-corrected chi connectivity index (χ3v) is 5.06. The Hall–Kier alpha value is -2.51. The normalized spacial score (nSPS) is 16.5. The Morgan fingerprint density at radius 1 is 1.04 bits per heavy atom. The number of tetrazole rings is 1. The molecule has 2 heterocycles. The van der Waals surface area contributed by atoms with E-state index in [0.717, 1.165) is 36.9 Å². The Labute approximate surface area is 162 Å². The van der Waals surface area contributed by atoms with Gasteiger partial charge < -0.3 is 4.90 Å². The molecule has 1 saturated heterocycles. The lowest BCUT2D eigenvalue weighted by Gasteiger charge is -2.39. The van der Waals surface area contributed by atoms with Crippen LogP contribution in [0.5, 0.6) is 0 Å². The highest BCUT2D eigenvalue weighted by Gasteiger charge is 2.31. The molecule has 3 aromatic rings. The van der Waals surface area contributed by atoms with Crippen LogP contribution in [0.15, 0.2) is 48.5 Å². The van der Waals surface area contributed by atoms with Crippen LogP contribution in [0.1, 0.15) is 17.4 Å². The molecule has 0 spiro atoms. The van der Waals surface area contributed by atoms with Crippen LogP contribution in [0.4, 0.5) is 10.1 Å². The molecule has 4 rings (SSSR count). The molecule has 27 heavy (non-hydrogen) atoms. The van der Waals surface area contributed by atoms with Crippen LogP contribution in [-0.2, 0) is 7.05 Å². The van der Waals surface area contributed by atoms with Gasteiger partial charge >= 0.3 is 0 Å². The lowest BCUT2D eigenvalue weighted by atomic mass is 10.0. The maximum Gasteiger partial charge on any atom is 0.196 e. The van der Waals surface area contributed by atoms with E-state index >= 15 is 0 Å². The summed E-state index contributed by atoms with van der Waals surface area (Å²) in [6.07, 6.45) is 0. The molecule has 0 bridgehead atoms. The molecule has 0 radical (unpaired) electrons. The van der Waals surface area contributed by atoms with E-state index in [9.17, 15) is 4.39 Å². The molecule has 1 unspecified atom stereocenters. The fourth-order valence-corrected chi connectivity index (χ4v) is 3.70. The summed E-state index contributed by atoms with van der Waals surface area (Å²) in [6.45, 7) is 3.13. The van der Waals surface area contributed by atoms with Crippen molar-refractivity contribution in [2.75, 3.05) is 31.1 Å². The lowest BCUT2D eigenvalue weighted by molar-refractivity contribution is 0.202. The number of halogens is 2. The van der Waals surface area contributed by atoms with Gasteiger partial charge in [0, 0.05) is 42.5 Å². The van der Waals surface area contributed by atoms with Crippen LogP contribution in [0.2, 0.25) is 5.02 Å². The van der Waals surface area contributed by atoms with Crippen LogP contribution in [0.25, 0.3) is 0 Å². The van der Waals surface area contributed by atoms with Crippen molar-refractivity contribution >= 4 is 17.3 Å². The van der Waals surface area contributed by atoms with Gasteiger partial charge in [-0.2, -0.15) is 4.80 Å². The summed E-state index contributed by atoms with van der Waals surface area (Å²) in [7, 11) is 1.71. The molecule has 2 aromatic carbocycles. The van der Waals surface area contributed by atoms with Crippen LogP contribution in [0, 0.1) is 5.82 Å². The lowest BCUT2D eigenvalue weighted by Crippen LogP contribution is -2.48. The van der Waals surface area contributed by atoms with Crippen molar-refractivity contribution < 1.29 is 4.39 Å². The molecule has 8 heteroatoms. The van der Waals surface area contributed by atoms with Gasteiger partial charge in [0.2, 0.25) is 0 Å². The minimum absolute atomic E-state index is 0.257. The maximum atomic E-state index is 14.5. The van der Waals surface area contributed by atoms with Gasteiger partial charge in [0.05, 0.1) is 7.05 Å². The number of hydrogen-bond acceptors (Lipinski definition) is 5. The van der Waals surface area contributed by atoms with E-state index in [2.05, 4.69) is 31.3 Å². The molecule has 0 aliphatic carbocycles. The number of aryl methyl sites for hydroxylation is 1. The summed E-state index contributed by atoms with van der Waals surface area (Å²) < 4.78 is 14.5. The number of anilines is 1. The second-order valence-corrected chi connectivity index (χ2v) is 7.00. The van der Waals surface area contributed by atoms with Crippen molar-refractivity contribution in [1.29, 1.82) is 0 Å². The Balaban J connectivity index is 1.58. The van der Waals surface area contributed by atoms with Crippen molar-refractivity contribution in [3.05, 3.63) is 70.8 Å². The van der Waals surface area contributed by atoms with E-state index in [1.165, 1.54) is 10.9 Å². The van der Waals surface area contributed by atoms with Gasteiger partial charge in [-0.05, 0) is 29.5 Å². The van der Waals surface area contributed by atoms with Crippen LogP contribution in [-0.4, -0.2) is 51.3 Å². The molecular formula is C19H20ClFN6. The molecule has 0 N–H and O–H groups in total. The molecule has 1 aliphatic rings. The fraction of sp³-hybridized carbons (Fsp3) is 0.316. The highest BCUT2D eigenvalue weighted by Crippen LogP contribution is 2.30. The smallest absolute Gasteiger partial charge is 0.196 e. The van der Waals surface area contributed by atoms with Gasteiger partial charge in [-0.25, -0.2) is 4.39 Å². The summed E-state index contributed by atoms with van der Waals surface area (Å²) in [5, 5.41) is 13.2. The summed E-state index contributed by atoms with van der Waals surface area (Å²) in [6, 6.07) is 14.3. The average molecular weight is 387 g/mol. The summed E-state index contributed by atoms with van der Waals surface area (Å²) in [5.41, 5.74) is 1.67. The van der Waals surface area contributed by atoms with E-state index in [-0.39, 0.29) is 11.9 Å². The van der Waals surface area contributed by atoms with Gasteiger partial charge in [-0.3, -0.25) is 4.90 Å². The highest BCUT2D eigenvalue weighted by atomic mass is 35.5. The van der Waals surface area contributed by atoms with Gasteiger partial charge in [0.1, 0.15) is 11.9 Å². The summed E-state index contributed by atoms with van der Waals surface area (Å²) in [4.78, 5) is 5.90. The molecule has 1 aromatic heterocycles. The number of aromatic nitrogens is 4. The zero-order valence-corrected chi connectivity index (χ0v) is 15.7. The van der Waals surface area contributed by atoms with Crippen molar-refractivity contribution in [3.63, 3.8) is 0 Å². The fourth-order valence-electron chi connectivity index (χ4n) is 3.52. The van der Waals surface area contributed by atoms with Gasteiger partial charge in [-0.15, -0.1) is 10.2 Å². The van der Waals surface area contributed by atoms with E-state index in [1.54, 1.807) is 19.2 Å². The number of piperazine rings is 1. The van der Waals surface area contributed by atoms with Crippen molar-refractivity contribution in [2.45, 2.75) is 6.04 Å². The summed E-state index contributed by atoms with van der Waals surface area (Å²) in [5.74, 6) is 0.256. The van der Waals surface area contributed by atoms with Gasteiger partial charge in [0.25, 0.3) is 0 Å². The topological polar surface area (TPSA) is 50.1 Å². The van der Waals surface area contributed by atoms with E-state index in [0.29, 0.717) is 11.4 Å². The average Bonchev–Trinajstić information content (AvgIpc) is 3.10. The number of benzene rings is 2. The van der Waals surface area contributed by atoms with E-state index in [1.807, 2.05) is 24.3 Å². The van der Waals surface area contributed by atoms with Gasteiger partial charge in [0.15, 0.2) is 5.82 Å². The number of nitrogens with zero attached hydrogens (tertiary/aromatic N) is 6. The maximum absolute atomic E-state index is 14.5. The Morgan fingerprint density at radius 3 is 2.48 bits per heavy atom. The number of rotatable bonds is 4. The SMILES string of the molecule is Cn1nnc(C(c2ccccc2F)N2CCN(c3cccc(Cl)c3)CC2)n1. The first-order valence-electron chi connectivity index (χ1n) is 8.85. The predicted octanol–water partition coefficient (Wildman–Crippen LogP) is 2.91. The second-order valence-electron chi connectivity index (χ2n) is 6.56. The molecule has 0 amide bonds. The monoisotopic (exact) mass is 386 g/mol. The second kappa shape index (κ2) is 7.62. The van der Waals surface area contributed by atoms with Crippen LogP contribution in [0.3, 0.4) is 0 Å². The minimum Gasteiger partial charge on any atom is -0.369 e.